The first kappa shape index (κ1) is 10.6. The molecule has 0 bridgehead atoms. The highest BCUT2D eigenvalue weighted by molar-refractivity contribution is 5.86. The van der Waals surface area contributed by atoms with E-state index in [9.17, 15) is 0 Å². The highest BCUT2D eigenvalue weighted by Crippen LogP contribution is 2.26. The van der Waals surface area contributed by atoms with Gasteiger partial charge in [0.05, 0.1) is 5.71 Å². The van der Waals surface area contributed by atoms with Crippen molar-refractivity contribution >= 4 is 5.71 Å². The summed E-state index contributed by atoms with van der Waals surface area (Å²) < 4.78 is 0. The van der Waals surface area contributed by atoms with Gasteiger partial charge in [0.1, 0.15) is 7.11 Å². The average molecular weight is 183 g/mol. The van der Waals surface area contributed by atoms with Gasteiger partial charge >= 0.3 is 0 Å². The van der Waals surface area contributed by atoms with Crippen LogP contribution < -0.4 is 0 Å². The predicted molar refractivity (Wildman–Crippen MR) is 55.9 cm³/mol. The molecule has 2 nitrogen and oxygen atoms in total. The highest BCUT2D eigenvalue weighted by Gasteiger charge is 2.18. The fourth-order valence-electron chi connectivity index (χ4n) is 2.13. The smallest absolute Gasteiger partial charge is 0.106 e. The van der Waals surface area contributed by atoms with E-state index in [2.05, 4.69) is 12.1 Å². The van der Waals surface area contributed by atoms with E-state index in [-0.39, 0.29) is 0 Å². The lowest BCUT2D eigenvalue weighted by atomic mass is 9.84. The van der Waals surface area contributed by atoms with Gasteiger partial charge in [0, 0.05) is 5.92 Å². The minimum atomic E-state index is 0.716. The molecule has 1 fully saturated rings. The van der Waals surface area contributed by atoms with Gasteiger partial charge in [-0.2, -0.15) is 0 Å². The molecule has 0 atom stereocenters. The van der Waals surface area contributed by atoms with E-state index in [0.29, 0.717) is 5.92 Å². The van der Waals surface area contributed by atoms with Crippen LogP contribution in [0.1, 0.15) is 51.9 Å². The number of rotatable bonds is 4. The summed E-state index contributed by atoms with van der Waals surface area (Å²) in [4.78, 5) is 4.90. The Bertz CT molecular complexity index is 159. The summed E-state index contributed by atoms with van der Waals surface area (Å²) in [7, 11) is 1.65. The molecule has 0 unspecified atom stereocenters. The van der Waals surface area contributed by atoms with Gasteiger partial charge in [-0.05, 0) is 19.3 Å². The summed E-state index contributed by atoms with van der Waals surface area (Å²) in [6.45, 7) is 2.20. The van der Waals surface area contributed by atoms with Crippen LogP contribution in [0.25, 0.3) is 0 Å². The van der Waals surface area contributed by atoms with Crippen molar-refractivity contribution in [2.24, 2.45) is 11.1 Å². The molecule has 13 heavy (non-hydrogen) atoms. The van der Waals surface area contributed by atoms with Crippen LogP contribution in [-0.2, 0) is 4.84 Å². The Morgan fingerprint density at radius 1 is 1.31 bits per heavy atom. The Hall–Kier alpha value is -0.530. The van der Waals surface area contributed by atoms with Crippen molar-refractivity contribution in [3.05, 3.63) is 0 Å². The van der Waals surface area contributed by atoms with Crippen molar-refractivity contribution < 1.29 is 4.84 Å². The standard InChI is InChI=1S/C11H21NO/c1-3-7-11(12-13-2)10-8-5-4-6-9-10/h10H,3-9H2,1-2H3. The van der Waals surface area contributed by atoms with E-state index >= 15 is 0 Å². The lowest BCUT2D eigenvalue weighted by Gasteiger charge is -2.22. The fraction of sp³-hybridized carbons (Fsp3) is 0.909. The zero-order chi connectivity index (χ0) is 9.52. The number of oxime groups is 1. The van der Waals surface area contributed by atoms with Gasteiger partial charge in [-0.3, -0.25) is 0 Å². The molecule has 76 valence electrons. The molecule has 0 amide bonds. The number of hydrogen-bond acceptors (Lipinski definition) is 2. The molecule has 1 aliphatic carbocycles. The van der Waals surface area contributed by atoms with Gasteiger partial charge in [-0.25, -0.2) is 0 Å². The summed E-state index contributed by atoms with van der Waals surface area (Å²) in [5.74, 6) is 0.716. The molecule has 0 radical (unpaired) electrons. The van der Waals surface area contributed by atoms with Gasteiger partial charge in [-0.15, -0.1) is 0 Å². The number of nitrogens with zero attached hydrogens (tertiary/aromatic N) is 1. The summed E-state index contributed by atoms with van der Waals surface area (Å²) in [6.07, 6.45) is 9.08. The summed E-state index contributed by atoms with van der Waals surface area (Å²) in [5.41, 5.74) is 1.30. The molecule has 0 aliphatic heterocycles. The van der Waals surface area contributed by atoms with Gasteiger partial charge in [0.25, 0.3) is 0 Å². The highest BCUT2D eigenvalue weighted by atomic mass is 16.6. The minimum absolute atomic E-state index is 0.716. The predicted octanol–water partition coefficient (Wildman–Crippen LogP) is 3.37. The van der Waals surface area contributed by atoms with Gasteiger partial charge in [-0.1, -0.05) is 37.8 Å². The van der Waals surface area contributed by atoms with Crippen molar-refractivity contribution in [1.82, 2.24) is 0 Å². The second kappa shape index (κ2) is 6.01. The Morgan fingerprint density at radius 2 is 2.00 bits per heavy atom. The van der Waals surface area contributed by atoms with E-state index in [4.69, 9.17) is 4.84 Å². The molecule has 1 aliphatic rings. The van der Waals surface area contributed by atoms with Crippen LogP contribution in [0, 0.1) is 5.92 Å². The summed E-state index contributed by atoms with van der Waals surface area (Å²) in [6, 6.07) is 0. The molecular formula is C11H21NO. The van der Waals surface area contributed by atoms with Crippen LogP contribution >= 0.6 is 0 Å². The Kier molecular flexibility index (Phi) is 4.87. The van der Waals surface area contributed by atoms with Crippen molar-refractivity contribution in [3.63, 3.8) is 0 Å². The van der Waals surface area contributed by atoms with Gasteiger partial charge < -0.3 is 4.84 Å². The minimum Gasteiger partial charge on any atom is -0.399 e. The van der Waals surface area contributed by atoms with Crippen LogP contribution in [-0.4, -0.2) is 12.8 Å². The quantitative estimate of drug-likeness (QED) is 0.483. The third-order valence-corrected chi connectivity index (χ3v) is 2.79. The van der Waals surface area contributed by atoms with E-state index in [1.54, 1.807) is 7.11 Å². The van der Waals surface area contributed by atoms with Crippen LogP contribution in [0.5, 0.6) is 0 Å². The van der Waals surface area contributed by atoms with Crippen LogP contribution in [0.3, 0.4) is 0 Å². The first-order valence-electron chi connectivity index (χ1n) is 5.48. The normalized spacial score (nSPS) is 20.3. The maximum Gasteiger partial charge on any atom is 0.106 e. The van der Waals surface area contributed by atoms with E-state index in [1.165, 1.54) is 44.2 Å². The molecule has 0 spiro atoms. The number of hydrogen-bond donors (Lipinski definition) is 0. The van der Waals surface area contributed by atoms with Gasteiger partial charge in [0.2, 0.25) is 0 Å². The molecule has 0 N–H and O–H groups in total. The van der Waals surface area contributed by atoms with Crippen molar-refractivity contribution in [3.8, 4) is 0 Å². The average Bonchev–Trinajstić information content (AvgIpc) is 2.19. The third-order valence-electron chi connectivity index (χ3n) is 2.79. The zero-order valence-electron chi connectivity index (χ0n) is 8.88. The summed E-state index contributed by atoms with van der Waals surface area (Å²) >= 11 is 0. The van der Waals surface area contributed by atoms with E-state index in [0.717, 1.165) is 6.42 Å². The Labute approximate surface area is 81.3 Å². The third kappa shape index (κ3) is 3.37. The molecule has 0 saturated heterocycles. The largest absolute Gasteiger partial charge is 0.399 e. The fourth-order valence-corrected chi connectivity index (χ4v) is 2.13. The molecule has 0 aromatic heterocycles. The molecule has 1 rings (SSSR count). The van der Waals surface area contributed by atoms with Crippen molar-refractivity contribution in [2.45, 2.75) is 51.9 Å². The second-order valence-electron chi connectivity index (χ2n) is 3.85. The Morgan fingerprint density at radius 3 is 2.54 bits per heavy atom. The SMILES string of the molecule is CCCC(=NOC)C1CCCCC1. The Balaban J connectivity index is 2.46. The monoisotopic (exact) mass is 183 g/mol. The maximum atomic E-state index is 4.90. The molecule has 0 heterocycles. The zero-order valence-corrected chi connectivity index (χ0v) is 8.88. The first-order valence-corrected chi connectivity index (χ1v) is 5.48. The summed E-state index contributed by atoms with van der Waals surface area (Å²) in [5, 5.41) is 4.15. The topological polar surface area (TPSA) is 21.6 Å². The lowest BCUT2D eigenvalue weighted by molar-refractivity contribution is 0.208. The van der Waals surface area contributed by atoms with Crippen molar-refractivity contribution in [1.29, 1.82) is 0 Å². The van der Waals surface area contributed by atoms with Gasteiger partial charge in [0.15, 0.2) is 0 Å². The lowest BCUT2D eigenvalue weighted by Crippen LogP contribution is -2.17. The van der Waals surface area contributed by atoms with E-state index in [1.807, 2.05) is 0 Å². The molecule has 1 saturated carbocycles. The van der Waals surface area contributed by atoms with Crippen LogP contribution in [0.4, 0.5) is 0 Å². The molecular weight excluding hydrogens is 162 g/mol. The molecule has 2 heteroatoms. The van der Waals surface area contributed by atoms with Crippen molar-refractivity contribution in [2.75, 3.05) is 7.11 Å². The molecule has 0 aromatic rings. The van der Waals surface area contributed by atoms with Crippen LogP contribution in [0.15, 0.2) is 5.16 Å². The van der Waals surface area contributed by atoms with E-state index < -0.39 is 0 Å². The molecule has 0 aromatic carbocycles. The second-order valence-corrected chi connectivity index (χ2v) is 3.85. The van der Waals surface area contributed by atoms with Crippen LogP contribution in [0.2, 0.25) is 0 Å². The first-order chi connectivity index (χ1) is 6.38. The maximum absolute atomic E-state index is 4.90.